The lowest BCUT2D eigenvalue weighted by Gasteiger charge is -2.40. The van der Waals surface area contributed by atoms with Crippen molar-refractivity contribution in [1.82, 2.24) is 5.32 Å². The molecule has 3 fully saturated rings. The zero-order valence-electron chi connectivity index (χ0n) is 13.6. The molecule has 0 aromatic rings. The van der Waals surface area contributed by atoms with E-state index in [0.717, 1.165) is 44.1 Å². The van der Waals surface area contributed by atoms with E-state index in [9.17, 15) is 4.79 Å². The zero-order chi connectivity index (χ0) is 15.1. The smallest absolute Gasteiger partial charge is 0.407 e. The van der Waals surface area contributed by atoms with Gasteiger partial charge in [-0.1, -0.05) is 0 Å². The minimum atomic E-state index is -0.425. The molecule has 3 rings (SSSR count). The lowest BCUT2D eigenvalue weighted by Crippen LogP contribution is -2.46. The Morgan fingerprint density at radius 3 is 2.48 bits per heavy atom. The second-order valence-electron chi connectivity index (χ2n) is 8.21. The number of fused-ring (bicyclic) bond motifs is 1. The van der Waals surface area contributed by atoms with Gasteiger partial charge in [0.1, 0.15) is 5.60 Å². The molecule has 2 saturated carbocycles. The van der Waals surface area contributed by atoms with E-state index >= 15 is 0 Å². The number of amides is 1. The van der Waals surface area contributed by atoms with E-state index in [-0.39, 0.29) is 17.7 Å². The molecule has 0 aromatic carbocycles. The first-order valence-electron chi connectivity index (χ1n) is 8.49. The molecule has 2 atom stereocenters. The number of hydrogen-bond acceptors (Lipinski definition) is 3. The molecule has 1 saturated heterocycles. The number of hydrogen-bond donors (Lipinski definition) is 1. The maximum Gasteiger partial charge on any atom is 0.407 e. The van der Waals surface area contributed by atoms with Crippen molar-refractivity contribution in [2.75, 3.05) is 6.61 Å². The van der Waals surface area contributed by atoms with Gasteiger partial charge in [0.05, 0.1) is 12.2 Å². The van der Waals surface area contributed by atoms with Gasteiger partial charge in [0.15, 0.2) is 0 Å². The summed E-state index contributed by atoms with van der Waals surface area (Å²) in [5.41, 5.74) is -0.315. The second kappa shape index (κ2) is 5.45. The van der Waals surface area contributed by atoms with Crippen LogP contribution < -0.4 is 5.32 Å². The molecule has 4 nitrogen and oxygen atoms in total. The molecular formula is C17H29NO3. The van der Waals surface area contributed by atoms with Crippen LogP contribution in [-0.4, -0.2) is 29.9 Å². The zero-order valence-corrected chi connectivity index (χ0v) is 13.6. The van der Waals surface area contributed by atoms with Crippen LogP contribution in [0.4, 0.5) is 4.79 Å². The first-order valence-corrected chi connectivity index (χ1v) is 8.49. The number of alkyl carbamates (subject to hydrolysis) is 1. The molecular weight excluding hydrogens is 266 g/mol. The Hall–Kier alpha value is -0.770. The summed E-state index contributed by atoms with van der Waals surface area (Å²) in [4.78, 5) is 11.8. The van der Waals surface area contributed by atoms with Gasteiger partial charge in [-0.2, -0.15) is 0 Å². The van der Waals surface area contributed by atoms with Gasteiger partial charge >= 0.3 is 6.09 Å². The summed E-state index contributed by atoms with van der Waals surface area (Å²) >= 11 is 0. The average Bonchev–Trinajstić information content (AvgIpc) is 3.13. The maximum absolute atomic E-state index is 11.8. The van der Waals surface area contributed by atoms with E-state index in [1.807, 2.05) is 20.8 Å². The van der Waals surface area contributed by atoms with Crippen LogP contribution in [0.15, 0.2) is 0 Å². The van der Waals surface area contributed by atoms with Gasteiger partial charge in [-0.15, -0.1) is 0 Å². The Labute approximate surface area is 127 Å². The quantitative estimate of drug-likeness (QED) is 0.803. The van der Waals surface area contributed by atoms with E-state index in [0.29, 0.717) is 0 Å². The van der Waals surface area contributed by atoms with Crippen molar-refractivity contribution in [1.29, 1.82) is 0 Å². The SMILES string of the molecule is CC(C)(C)OC(=O)NC1CCC2(CC1)CC[C@H]1C[C@H]1CO2. The molecule has 3 aliphatic rings. The summed E-state index contributed by atoms with van der Waals surface area (Å²) in [5, 5.41) is 3.01. The Kier molecular flexibility index (Phi) is 3.93. The Bertz CT molecular complexity index is 379. The van der Waals surface area contributed by atoms with Crippen LogP contribution in [0.25, 0.3) is 0 Å². The van der Waals surface area contributed by atoms with E-state index in [1.54, 1.807) is 0 Å². The standard InChI is InChI=1S/C17H29NO3/c1-16(2,3)21-15(19)18-14-5-8-17(9-6-14)7-4-12-10-13(12)11-20-17/h12-14H,4-11H2,1-3H3,(H,18,19)/t12-,13-,14?,17?/m0/s1. The van der Waals surface area contributed by atoms with Crippen LogP contribution in [0.5, 0.6) is 0 Å². The van der Waals surface area contributed by atoms with Gasteiger partial charge in [0.25, 0.3) is 0 Å². The third-order valence-corrected chi connectivity index (χ3v) is 5.26. The van der Waals surface area contributed by atoms with Crippen molar-refractivity contribution in [3.63, 3.8) is 0 Å². The van der Waals surface area contributed by atoms with Crippen LogP contribution in [0, 0.1) is 11.8 Å². The number of rotatable bonds is 1. The Morgan fingerprint density at radius 2 is 1.81 bits per heavy atom. The molecule has 120 valence electrons. The molecule has 1 spiro atoms. The number of carbonyl (C=O) groups is 1. The molecule has 1 heterocycles. The number of ether oxygens (including phenoxy) is 2. The summed E-state index contributed by atoms with van der Waals surface area (Å²) in [5.74, 6) is 1.80. The van der Waals surface area contributed by atoms with Crippen molar-refractivity contribution >= 4 is 6.09 Å². The predicted molar refractivity (Wildman–Crippen MR) is 81.1 cm³/mol. The molecule has 1 aliphatic heterocycles. The molecule has 0 aromatic heterocycles. The summed E-state index contributed by atoms with van der Waals surface area (Å²) < 4.78 is 11.6. The fraction of sp³-hybridized carbons (Fsp3) is 0.941. The Balaban J connectivity index is 1.45. The van der Waals surface area contributed by atoms with Crippen molar-refractivity contribution in [2.24, 2.45) is 11.8 Å². The van der Waals surface area contributed by atoms with E-state index < -0.39 is 5.60 Å². The van der Waals surface area contributed by atoms with Crippen molar-refractivity contribution in [2.45, 2.75) is 83.0 Å². The molecule has 0 bridgehead atoms. The highest BCUT2D eigenvalue weighted by Crippen LogP contribution is 2.49. The second-order valence-corrected chi connectivity index (χ2v) is 8.21. The van der Waals surface area contributed by atoms with Crippen LogP contribution in [-0.2, 0) is 9.47 Å². The lowest BCUT2D eigenvalue weighted by atomic mass is 9.79. The van der Waals surface area contributed by atoms with Gasteiger partial charge < -0.3 is 14.8 Å². The third kappa shape index (κ3) is 3.91. The highest BCUT2D eigenvalue weighted by molar-refractivity contribution is 5.68. The van der Waals surface area contributed by atoms with Gasteiger partial charge in [-0.05, 0) is 77.6 Å². The molecule has 0 radical (unpaired) electrons. The lowest BCUT2D eigenvalue weighted by molar-refractivity contribution is -0.0779. The molecule has 0 unspecified atom stereocenters. The van der Waals surface area contributed by atoms with Crippen LogP contribution in [0.1, 0.15) is 65.7 Å². The fourth-order valence-corrected chi connectivity index (χ4v) is 3.83. The normalized spacial score (nSPS) is 39.3. The van der Waals surface area contributed by atoms with Gasteiger partial charge in [-0.3, -0.25) is 0 Å². The highest BCUT2D eigenvalue weighted by atomic mass is 16.6. The van der Waals surface area contributed by atoms with Gasteiger partial charge in [-0.25, -0.2) is 4.79 Å². The summed E-state index contributed by atoms with van der Waals surface area (Å²) in [6.07, 6.45) is 7.83. The Morgan fingerprint density at radius 1 is 1.14 bits per heavy atom. The first kappa shape index (κ1) is 15.1. The van der Waals surface area contributed by atoms with E-state index in [1.165, 1.54) is 19.3 Å². The van der Waals surface area contributed by atoms with Crippen molar-refractivity contribution < 1.29 is 14.3 Å². The summed E-state index contributed by atoms with van der Waals surface area (Å²) in [6.45, 7) is 6.65. The minimum Gasteiger partial charge on any atom is -0.444 e. The molecule has 21 heavy (non-hydrogen) atoms. The topological polar surface area (TPSA) is 47.6 Å². The summed E-state index contributed by atoms with van der Waals surface area (Å²) in [7, 11) is 0. The molecule has 1 amide bonds. The highest BCUT2D eigenvalue weighted by Gasteiger charge is 2.46. The van der Waals surface area contributed by atoms with Crippen LogP contribution in [0.3, 0.4) is 0 Å². The third-order valence-electron chi connectivity index (χ3n) is 5.26. The molecule has 4 heteroatoms. The monoisotopic (exact) mass is 295 g/mol. The fourth-order valence-electron chi connectivity index (χ4n) is 3.83. The maximum atomic E-state index is 11.8. The summed E-state index contributed by atoms with van der Waals surface area (Å²) in [6, 6.07) is 0.242. The van der Waals surface area contributed by atoms with E-state index in [4.69, 9.17) is 9.47 Å². The first-order chi connectivity index (χ1) is 9.85. The largest absolute Gasteiger partial charge is 0.444 e. The number of carbonyl (C=O) groups excluding carboxylic acids is 1. The van der Waals surface area contributed by atoms with Gasteiger partial charge in [0, 0.05) is 6.04 Å². The van der Waals surface area contributed by atoms with Gasteiger partial charge in [0.2, 0.25) is 0 Å². The van der Waals surface area contributed by atoms with Crippen molar-refractivity contribution in [3.05, 3.63) is 0 Å². The minimum absolute atomic E-state index is 0.111. The number of nitrogens with one attached hydrogen (secondary N) is 1. The molecule has 2 aliphatic carbocycles. The average molecular weight is 295 g/mol. The van der Waals surface area contributed by atoms with E-state index in [2.05, 4.69) is 5.32 Å². The van der Waals surface area contributed by atoms with Crippen molar-refractivity contribution in [3.8, 4) is 0 Å². The van der Waals surface area contributed by atoms with Crippen LogP contribution in [0.2, 0.25) is 0 Å². The predicted octanol–water partition coefficient (Wildman–Crippen LogP) is 3.64. The van der Waals surface area contributed by atoms with Crippen LogP contribution >= 0.6 is 0 Å². The molecule has 1 N–H and O–H groups in total.